The summed E-state index contributed by atoms with van der Waals surface area (Å²) in [5.74, 6) is -0.297. The molecule has 21 heavy (non-hydrogen) atoms. The van der Waals surface area contributed by atoms with Crippen LogP contribution in [0.5, 0.6) is 0 Å². The van der Waals surface area contributed by atoms with Gasteiger partial charge in [0.1, 0.15) is 0 Å². The third kappa shape index (κ3) is 2.93. The summed E-state index contributed by atoms with van der Waals surface area (Å²) in [4.78, 5) is 16.0. The van der Waals surface area contributed by atoms with E-state index in [4.69, 9.17) is 11.6 Å². The summed E-state index contributed by atoms with van der Waals surface area (Å²) in [6.45, 7) is 0. The van der Waals surface area contributed by atoms with Crippen LogP contribution in [0.1, 0.15) is 10.5 Å². The second-order valence-corrected chi connectivity index (χ2v) is 4.70. The van der Waals surface area contributed by atoms with Crippen LogP contribution >= 0.6 is 11.6 Å². The van der Waals surface area contributed by atoms with Crippen molar-refractivity contribution in [3.05, 3.63) is 71.8 Å². The molecule has 0 saturated carbocycles. The number of amides is 1. The van der Waals surface area contributed by atoms with E-state index >= 15 is 0 Å². The van der Waals surface area contributed by atoms with Crippen molar-refractivity contribution in [1.82, 2.24) is 14.8 Å². The quantitative estimate of drug-likeness (QED) is 0.808. The number of pyridine rings is 1. The van der Waals surface area contributed by atoms with Gasteiger partial charge in [0.05, 0.1) is 22.6 Å². The van der Waals surface area contributed by atoms with Crippen molar-refractivity contribution < 1.29 is 4.79 Å². The summed E-state index contributed by atoms with van der Waals surface area (Å²) >= 11 is 6.11. The first-order valence-corrected chi connectivity index (χ1v) is 6.64. The predicted octanol–water partition coefficient (Wildman–Crippen LogP) is 3.17. The molecular formula is C15H11ClN4O. The van der Waals surface area contributed by atoms with Crippen LogP contribution in [0.2, 0.25) is 5.02 Å². The summed E-state index contributed by atoms with van der Waals surface area (Å²) in [6, 6.07) is 12.4. The SMILES string of the molecule is O=C(Nc1cccnc1)c1ccn(-c2ccccc2Cl)n1. The van der Waals surface area contributed by atoms with Gasteiger partial charge in [-0.2, -0.15) is 5.10 Å². The Bertz CT molecular complexity index is 770. The lowest BCUT2D eigenvalue weighted by molar-refractivity contribution is 0.102. The maximum atomic E-state index is 12.1. The molecule has 104 valence electrons. The van der Waals surface area contributed by atoms with E-state index in [0.29, 0.717) is 16.4 Å². The maximum Gasteiger partial charge on any atom is 0.276 e. The van der Waals surface area contributed by atoms with Crippen molar-refractivity contribution >= 4 is 23.2 Å². The third-order valence-corrected chi connectivity index (χ3v) is 3.16. The molecule has 1 aromatic carbocycles. The number of hydrogen-bond donors (Lipinski definition) is 1. The van der Waals surface area contributed by atoms with E-state index in [1.54, 1.807) is 47.5 Å². The summed E-state index contributed by atoms with van der Waals surface area (Å²) in [5, 5.41) is 7.53. The van der Waals surface area contributed by atoms with Gasteiger partial charge in [-0.05, 0) is 30.3 Å². The predicted molar refractivity (Wildman–Crippen MR) is 80.8 cm³/mol. The normalized spacial score (nSPS) is 10.3. The van der Waals surface area contributed by atoms with Gasteiger partial charge in [0.2, 0.25) is 0 Å². The van der Waals surface area contributed by atoms with Crippen LogP contribution in [0.3, 0.4) is 0 Å². The zero-order valence-electron chi connectivity index (χ0n) is 10.9. The van der Waals surface area contributed by atoms with Crippen molar-refractivity contribution in [2.24, 2.45) is 0 Å². The molecule has 2 heterocycles. The smallest absolute Gasteiger partial charge is 0.276 e. The Hall–Kier alpha value is -2.66. The molecule has 0 unspecified atom stereocenters. The molecule has 0 saturated heterocycles. The molecule has 0 fully saturated rings. The highest BCUT2D eigenvalue weighted by molar-refractivity contribution is 6.32. The first-order chi connectivity index (χ1) is 10.2. The van der Waals surface area contributed by atoms with Gasteiger partial charge < -0.3 is 5.32 Å². The summed E-state index contributed by atoms with van der Waals surface area (Å²) < 4.78 is 1.57. The molecule has 0 aliphatic carbocycles. The van der Waals surface area contributed by atoms with Crippen molar-refractivity contribution in [3.63, 3.8) is 0 Å². The van der Waals surface area contributed by atoms with E-state index < -0.39 is 0 Å². The fourth-order valence-corrected chi connectivity index (χ4v) is 2.07. The molecule has 1 amide bonds. The number of hydrogen-bond acceptors (Lipinski definition) is 3. The van der Waals surface area contributed by atoms with Crippen LogP contribution in [-0.4, -0.2) is 20.7 Å². The number of carbonyl (C=O) groups excluding carboxylic acids is 1. The van der Waals surface area contributed by atoms with Gasteiger partial charge in [0.25, 0.3) is 5.91 Å². The molecule has 0 bridgehead atoms. The van der Waals surface area contributed by atoms with E-state index in [0.717, 1.165) is 5.69 Å². The van der Waals surface area contributed by atoms with Crippen LogP contribution in [0.4, 0.5) is 5.69 Å². The van der Waals surface area contributed by atoms with Gasteiger partial charge in [0.15, 0.2) is 5.69 Å². The Morgan fingerprint density at radius 3 is 2.76 bits per heavy atom. The standard InChI is InChI=1S/C15H11ClN4O/c16-12-5-1-2-6-14(12)20-9-7-13(19-20)15(21)18-11-4-3-8-17-10-11/h1-10H,(H,18,21). The van der Waals surface area contributed by atoms with Crippen molar-refractivity contribution in [2.45, 2.75) is 0 Å². The van der Waals surface area contributed by atoms with E-state index in [9.17, 15) is 4.79 Å². The Morgan fingerprint density at radius 2 is 2.00 bits per heavy atom. The second-order valence-electron chi connectivity index (χ2n) is 4.29. The topological polar surface area (TPSA) is 59.8 Å². The molecule has 0 aliphatic heterocycles. The fraction of sp³-hybridized carbons (Fsp3) is 0. The molecule has 6 heteroatoms. The van der Waals surface area contributed by atoms with E-state index in [1.165, 1.54) is 0 Å². The number of para-hydroxylation sites is 1. The van der Waals surface area contributed by atoms with E-state index in [-0.39, 0.29) is 5.91 Å². The minimum Gasteiger partial charge on any atom is -0.319 e. The third-order valence-electron chi connectivity index (χ3n) is 2.84. The Labute approximate surface area is 126 Å². The van der Waals surface area contributed by atoms with Gasteiger partial charge in [0, 0.05) is 12.4 Å². The maximum absolute atomic E-state index is 12.1. The summed E-state index contributed by atoms with van der Waals surface area (Å²) in [7, 11) is 0. The van der Waals surface area contributed by atoms with Crippen molar-refractivity contribution in [3.8, 4) is 5.69 Å². The highest BCUT2D eigenvalue weighted by atomic mass is 35.5. The van der Waals surface area contributed by atoms with Gasteiger partial charge in [-0.15, -0.1) is 0 Å². The van der Waals surface area contributed by atoms with Crippen LogP contribution in [0, 0.1) is 0 Å². The molecule has 1 N–H and O–H groups in total. The number of rotatable bonds is 3. The first kappa shape index (κ1) is 13.3. The molecule has 3 rings (SSSR count). The molecule has 0 aliphatic rings. The van der Waals surface area contributed by atoms with Crippen LogP contribution in [0.25, 0.3) is 5.69 Å². The number of nitrogens with one attached hydrogen (secondary N) is 1. The Kier molecular flexibility index (Phi) is 3.66. The number of carbonyl (C=O) groups is 1. The largest absolute Gasteiger partial charge is 0.319 e. The van der Waals surface area contributed by atoms with Gasteiger partial charge in [-0.25, -0.2) is 4.68 Å². The zero-order valence-corrected chi connectivity index (χ0v) is 11.7. The molecule has 0 radical (unpaired) electrons. The van der Waals surface area contributed by atoms with E-state index in [1.807, 2.05) is 18.2 Å². The molecule has 2 aromatic heterocycles. The average molecular weight is 299 g/mol. The Balaban J connectivity index is 1.82. The van der Waals surface area contributed by atoms with Gasteiger partial charge in [-0.3, -0.25) is 9.78 Å². The lowest BCUT2D eigenvalue weighted by atomic mass is 10.3. The fourth-order valence-electron chi connectivity index (χ4n) is 1.85. The summed E-state index contributed by atoms with van der Waals surface area (Å²) in [6.07, 6.45) is 4.91. The number of anilines is 1. The van der Waals surface area contributed by atoms with Crippen LogP contribution in [-0.2, 0) is 0 Å². The van der Waals surface area contributed by atoms with Gasteiger partial charge >= 0.3 is 0 Å². The zero-order chi connectivity index (χ0) is 14.7. The molecule has 3 aromatic rings. The van der Waals surface area contributed by atoms with Crippen molar-refractivity contribution in [2.75, 3.05) is 5.32 Å². The van der Waals surface area contributed by atoms with E-state index in [2.05, 4.69) is 15.4 Å². The molecule has 5 nitrogen and oxygen atoms in total. The molecule has 0 atom stereocenters. The van der Waals surface area contributed by atoms with Gasteiger partial charge in [-0.1, -0.05) is 23.7 Å². The van der Waals surface area contributed by atoms with Crippen LogP contribution in [0.15, 0.2) is 61.1 Å². The Morgan fingerprint density at radius 1 is 1.14 bits per heavy atom. The van der Waals surface area contributed by atoms with Crippen molar-refractivity contribution in [1.29, 1.82) is 0 Å². The lowest BCUT2D eigenvalue weighted by Gasteiger charge is -2.04. The monoisotopic (exact) mass is 298 g/mol. The first-order valence-electron chi connectivity index (χ1n) is 6.26. The average Bonchev–Trinajstić information content (AvgIpc) is 2.98. The highest BCUT2D eigenvalue weighted by Gasteiger charge is 2.11. The lowest BCUT2D eigenvalue weighted by Crippen LogP contribution is -2.13. The number of benzene rings is 1. The van der Waals surface area contributed by atoms with Crippen LogP contribution < -0.4 is 5.32 Å². The number of nitrogens with zero attached hydrogens (tertiary/aromatic N) is 3. The number of halogens is 1. The minimum absolute atomic E-state index is 0.297. The minimum atomic E-state index is -0.297. The molecular weight excluding hydrogens is 288 g/mol. The molecule has 0 spiro atoms. The number of aromatic nitrogens is 3. The summed E-state index contributed by atoms with van der Waals surface area (Å²) in [5.41, 5.74) is 1.65. The second kappa shape index (κ2) is 5.76. The highest BCUT2D eigenvalue weighted by Crippen LogP contribution is 2.19.